The maximum absolute atomic E-state index is 6.19. The van der Waals surface area contributed by atoms with Gasteiger partial charge in [0.15, 0.2) is 11.5 Å². The van der Waals surface area contributed by atoms with Gasteiger partial charge in [-0.2, -0.15) is 0 Å². The molecule has 18 heavy (non-hydrogen) atoms. The van der Waals surface area contributed by atoms with Crippen LogP contribution in [0.4, 0.5) is 0 Å². The van der Waals surface area contributed by atoms with Crippen LogP contribution in [0.1, 0.15) is 19.4 Å². The van der Waals surface area contributed by atoms with Gasteiger partial charge in [-0.3, -0.25) is 0 Å². The summed E-state index contributed by atoms with van der Waals surface area (Å²) in [5.74, 6) is 1.39. The minimum Gasteiger partial charge on any atom is -0.486 e. The van der Waals surface area contributed by atoms with E-state index in [4.69, 9.17) is 21.1 Å². The lowest BCUT2D eigenvalue weighted by Crippen LogP contribution is -2.16. The summed E-state index contributed by atoms with van der Waals surface area (Å²) >= 11 is 6.19. The summed E-state index contributed by atoms with van der Waals surface area (Å²) in [7, 11) is 0. The number of benzene rings is 1. The molecule has 4 heteroatoms. The molecule has 0 amide bonds. The van der Waals surface area contributed by atoms with Crippen LogP contribution in [0.3, 0.4) is 0 Å². The topological polar surface area (TPSA) is 30.5 Å². The van der Waals surface area contributed by atoms with Crippen LogP contribution in [0.25, 0.3) is 6.08 Å². The molecule has 0 unspecified atom stereocenters. The highest BCUT2D eigenvalue weighted by atomic mass is 35.5. The molecule has 1 aliphatic heterocycles. The fraction of sp³-hybridized carbons (Fsp3) is 0.429. The molecular weight excluding hydrogens is 250 g/mol. The molecule has 0 saturated heterocycles. The van der Waals surface area contributed by atoms with E-state index in [9.17, 15) is 0 Å². The Bertz CT molecular complexity index is 457. The minimum atomic E-state index is 0.557. The Balaban J connectivity index is 2.21. The second-order valence-corrected chi connectivity index (χ2v) is 4.71. The highest BCUT2D eigenvalue weighted by molar-refractivity contribution is 6.32. The lowest BCUT2D eigenvalue weighted by Gasteiger charge is -2.19. The van der Waals surface area contributed by atoms with Crippen LogP contribution < -0.4 is 14.8 Å². The average Bonchev–Trinajstić information content (AvgIpc) is 2.36. The molecule has 1 aliphatic rings. The molecule has 0 saturated carbocycles. The van der Waals surface area contributed by atoms with Crippen molar-refractivity contribution in [3.05, 3.63) is 28.3 Å². The van der Waals surface area contributed by atoms with Gasteiger partial charge in [0.25, 0.3) is 0 Å². The van der Waals surface area contributed by atoms with Gasteiger partial charge >= 0.3 is 0 Å². The summed E-state index contributed by atoms with van der Waals surface area (Å²) in [6.07, 6.45) is 2.10. The molecule has 1 aromatic rings. The van der Waals surface area contributed by atoms with Gasteiger partial charge in [-0.1, -0.05) is 30.2 Å². The molecule has 98 valence electrons. The van der Waals surface area contributed by atoms with E-state index in [2.05, 4.69) is 25.2 Å². The van der Waals surface area contributed by atoms with Gasteiger partial charge in [0, 0.05) is 6.54 Å². The van der Waals surface area contributed by atoms with Crippen molar-refractivity contribution in [3.8, 4) is 11.5 Å². The zero-order valence-corrected chi connectivity index (χ0v) is 11.5. The number of halogens is 1. The SMILES string of the molecule is CCNCC(C)=Cc1cc(Cl)c2c(c1)OCCO2. The minimum absolute atomic E-state index is 0.557. The summed E-state index contributed by atoms with van der Waals surface area (Å²) in [5.41, 5.74) is 2.30. The third kappa shape index (κ3) is 3.18. The van der Waals surface area contributed by atoms with E-state index in [0.717, 1.165) is 24.4 Å². The maximum Gasteiger partial charge on any atom is 0.179 e. The Morgan fingerprint density at radius 3 is 2.94 bits per heavy atom. The molecular formula is C14H18ClNO2. The van der Waals surface area contributed by atoms with Gasteiger partial charge in [0.05, 0.1) is 5.02 Å². The first kappa shape index (κ1) is 13.2. The molecule has 0 spiro atoms. The third-order valence-corrected chi connectivity index (χ3v) is 2.97. The lowest BCUT2D eigenvalue weighted by atomic mass is 10.1. The molecule has 0 aromatic heterocycles. The number of fused-ring (bicyclic) bond motifs is 1. The molecule has 0 bridgehead atoms. The van der Waals surface area contributed by atoms with Crippen LogP contribution in [0, 0.1) is 0 Å². The Morgan fingerprint density at radius 2 is 2.17 bits per heavy atom. The van der Waals surface area contributed by atoms with E-state index in [-0.39, 0.29) is 0 Å². The Morgan fingerprint density at radius 1 is 1.39 bits per heavy atom. The van der Waals surface area contributed by atoms with Crippen molar-refractivity contribution < 1.29 is 9.47 Å². The first-order valence-electron chi connectivity index (χ1n) is 6.17. The highest BCUT2D eigenvalue weighted by Gasteiger charge is 2.15. The van der Waals surface area contributed by atoms with Crippen LogP contribution >= 0.6 is 11.6 Å². The van der Waals surface area contributed by atoms with Crippen molar-refractivity contribution in [2.45, 2.75) is 13.8 Å². The predicted octanol–water partition coefficient (Wildman–Crippen LogP) is 3.12. The highest BCUT2D eigenvalue weighted by Crippen LogP contribution is 2.38. The monoisotopic (exact) mass is 267 g/mol. The predicted molar refractivity (Wildman–Crippen MR) is 74.6 cm³/mol. The van der Waals surface area contributed by atoms with Gasteiger partial charge in [0.2, 0.25) is 0 Å². The largest absolute Gasteiger partial charge is 0.486 e. The molecule has 1 N–H and O–H groups in total. The quantitative estimate of drug-likeness (QED) is 0.909. The van der Waals surface area contributed by atoms with E-state index in [1.165, 1.54) is 5.57 Å². The van der Waals surface area contributed by atoms with Crippen LogP contribution in [0.15, 0.2) is 17.7 Å². The standard InChI is InChI=1S/C14H18ClNO2/c1-3-16-9-10(2)6-11-7-12(15)14-13(8-11)17-4-5-18-14/h6-8,16H,3-5,9H2,1-2H3. The molecule has 1 heterocycles. The summed E-state index contributed by atoms with van der Waals surface area (Å²) in [6.45, 7) is 7.16. The smallest absolute Gasteiger partial charge is 0.179 e. The second kappa shape index (κ2) is 6.12. The molecule has 0 aliphatic carbocycles. The Labute approximate surface area is 113 Å². The van der Waals surface area contributed by atoms with Crippen LogP contribution in [-0.2, 0) is 0 Å². The fourth-order valence-electron chi connectivity index (χ4n) is 1.87. The summed E-state index contributed by atoms with van der Waals surface area (Å²) in [4.78, 5) is 0. The number of nitrogens with one attached hydrogen (secondary N) is 1. The first-order chi connectivity index (χ1) is 8.70. The average molecular weight is 268 g/mol. The van der Waals surface area contributed by atoms with E-state index >= 15 is 0 Å². The first-order valence-corrected chi connectivity index (χ1v) is 6.55. The zero-order chi connectivity index (χ0) is 13.0. The van der Waals surface area contributed by atoms with Crippen molar-refractivity contribution in [2.75, 3.05) is 26.3 Å². The van der Waals surface area contributed by atoms with Crippen LogP contribution in [-0.4, -0.2) is 26.3 Å². The number of ether oxygens (including phenoxy) is 2. The lowest BCUT2D eigenvalue weighted by molar-refractivity contribution is 0.171. The van der Waals surface area contributed by atoms with Crippen molar-refractivity contribution in [3.63, 3.8) is 0 Å². The molecule has 2 rings (SSSR count). The van der Waals surface area contributed by atoms with Crippen molar-refractivity contribution in [1.29, 1.82) is 0 Å². The van der Waals surface area contributed by atoms with Gasteiger partial charge < -0.3 is 14.8 Å². The van der Waals surface area contributed by atoms with E-state index in [1.54, 1.807) is 0 Å². The molecule has 3 nitrogen and oxygen atoms in total. The van der Waals surface area contributed by atoms with Gasteiger partial charge in [-0.05, 0) is 31.2 Å². The van der Waals surface area contributed by atoms with Crippen molar-refractivity contribution in [1.82, 2.24) is 5.32 Å². The summed E-state index contributed by atoms with van der Waals surface area (Å²) in [6, 6.07) is 3.88. The Hall–Kier alpha value is -1.19. The second-order valence-electron chi connectivity index (χ2n) is 4.30. The van der Waals surface area contributed by atoms with E-state index in [1.807, 2.05) is 12.1 Å². The van der Waals surface area contributed by atoms with Gasteiger partial charge in [-0.25, -0.2) is 0 Å². The molecule has 0 atom stereocenters. The maximum atomic E-state index is 6.19. The van der Waals surface area contributed by atoms with Gasteiger partial charge in [0.1, 0.15) is 13.2 Å². The molecule has 0 fully saturated rings. The van der Waals surface area contributed by atoms with Gasteiger partial charge in [-0.15, -0.1) is 0 Å². The molecule has 1 aromatic carbocycles. The number of hydrogen-bond acceptors (Lipinski definition) is 3. The fourth-order valence-corrected chi connectivity index (χ4v) is 2.15. The van der Waals surface area contributed by atoms with E-state index in [0.29, 0.717) is 24.0 Å². The number of rotatable bonds is 4. The molecule has 0 radical (unpaired) electrons. The normalized spacial score (nSPS) is 14.7. The third-order valence-electron chi connectivity index (χ3n) is 2.69. The Kier molecular flexibility index (Phi) is 4.50. The summed E-state index contributed by atoms with van der Waals surface area (Å²) in [5, 5.41) is 3.89. The van der Waals surface area contributed by atoms with Crippen molar-refractivity contribution >= 4 is 17.7 Å². The van der Waals surface area contributed by atoms with Crippen LogP contribution in [0.2, 0.25) is 5.02 Å². The number of hydrogen-bond donors (Lipinski definition) is 1. The summed E-state index contributed by atoms with van der Waals surface area (Å²) < 4.78 is 11.0. The zero-order valence-electron chi connectivity index (χ0n) is 10.8. The van der Waals surface area contributed by atoms with E-state index < -0.39 is 0 Å². The van der Waals surface area contributed by atoms with Crippen LogP contribution in [0.5, 0.6) is 11.5 Å². The number of likely N-dealkylation sites (N-methyl/N-ethyl adjacent to an activating group) is 1. The van der Waals surface area contributed by atoms with Crippen molar-refractivity contribution in [2.24, 2.45) is 0 Å².